The molecule has 10 heavy (non-hydrogen) atoms. The molecular weight excluding hydrogens is 155 g/mol. The summed E-state index contributed by atoms with van der Waals surface area (Å²) in [4.78, 5) is 0. The third kappa shape index (κ3) is 1.68. The van der Waals surface area contributed by atoms with E-state index in [-0.39, 0.29) is 0 Å². The van der Waals surface area contributed by atoms with Gasteiger partial charge in [0.25, 0.3) is 0 Å². The minimum absolute atomic E-state index is 0.646. The molecule has 2 nitrogen and oxygen atoms in total. The number of alkyl halides is 1. The Balaban J connectivity index is 4.79. The Labute approximate surface area is 61.4 Å². The molecule has 0 unspecified atom stereocenters. The van der Waals surface area contributed by atoms with Crippen LogP contribution in [-0.2, 0) is 9.84 Å². The van der Waals surface area contributed by atoms with Crippen LogP contribution in [0.4, 0.5) is 4.39 Å². The molecule has 0 aliphatic carbocycles. The molecule has 0 aromatic rings. The summed E-state index contributed by atoms with van der Waals surface area (Å²) in [6.45, 7) is 5.05. The Morgan fingerprint density at radius 2 is 1.60 bits per heavy atom. The van der Waals surface area contributed by atoms with E-state index in [0.717, 1.165) is 13.8 Å². The van der Waals surface area contributed by atoms with Crippen LogP contribution >= 0.6 is 0 Å². The van der Waals surface area contributed by atoms with Gasteiger partial charge in [-0.3, -0.25) is 0 Å². The van der Waals surface area contributed by atoms with Crippen molar-refractivity contribution in [3.05, 3.63) is 0 Å². The fraction of sp³-hybridized carbons (Fsp3) is 1.00. The lowest BCUT2D eigenvalue weighted by molar-refractivity contribution is 0.317. The van der Waals surface area contributed by atoms with E-state index in [2.05, 4.69) is 0 Å². The first-order chi connectivity index (χ1) is 4.19. The molecule has 0 aliphatic rings. The van der Waals surface area contributed by atoms with Crippen LogP contribution in [0.5, 0.6) is 0 Å². The Hall–Kier alpha value is -0.120. The van der Waals surface area contributed by atoms with Gasteiger partial charge in [0.05, 0.1) is 5.25 Å². The molecule has 0 atom stereocenters. The van der Waals surface area contributed by atoms with Crippen molar-refractivity contribution in [1.82, 2.24) is 0 Å². The van der Waals surface area contributed by atoms with E-state index in [1.54, 1.807) is 0 Å². The fourth-order valence-corrected chi connectivity index (χ4v) is 1.68. The van der Waals surface area contributed by atoms with Crippen LogP contribution in [0.3, 0.4) is 0 Å². The maximum absolute atomic E-state index is 12.8. The highest BCUT2D eigenvalue weighted by molar-refractivity contribution is 7.93. The second-order valence-electron chi connectivity index (χ2n) is 2.96. The van der Waals surface area contributed by atoms with Gasteiger partial charge < -0.3 is 0 Å². The Bertz CT molecular complexity index is 198. The molecule has 0 rings (SSSR count). The zero-order valence-corrected chi connectivity index (χ0v) is 7.50. The maximum Gasteiger partial charge on any atom is 0.205 e. The minimum Gasteiger partial charge on any atom is -0.227 e. The molecule has 0 aliphatic heterocycles. The Kier molecular flexibility index (Phi) is 2.46. The zero-order chi connectivity index (χ0) is 8.58. The Morgan fingerprint density at radius 3 is 1.60 bits per heavy atom. The maximum atomic E-state index is 12.8. The summed E-state index contributed by atoms with van der Waals surface area (Å²) in [5.74, 6) is 0. The molecule has 0 amide bonds. The molecule has 0 saturated heterocycles. The summed E-state index contributed by atoms with van der Waals surface area (Å²) < 4.78 is 34.8. The van der Waals surface area contributed by atoms with Crippen molar-refractivity contribution in [2.45, 2.75) is 37.9 Å². The van der Waals surface area contributed by atoms with Crippen molar-refractivity contribution in [2.75, 3.05) is 0 Å². The largest absolute Gasteiger partial charge is 0.227 e. The Morgan fingerprint density at radius 1 is 1.30 bits per heavy atom. The lowest BCUT2D eigenvalue weighted by Crippen LogP contribution is -2.32. The number of sulfone groups is 1. The monoisotopic (exact) mass is 168 g/mol. The topological polar surface area (TPSA) is 34.1 Å². The van der Waals surface area contributed by atoms with E-state index in [1.807, 2.05) is 0 Å². The van der Waals surface area contributed by atoms with Gasteiger partial charge in [-0.2, -0.15) is 0 Å². The molecule has 62 valence electrons. The van der Waals surface area contributed by atoms with Gasteiger partial charge in [0, 0.05) is 0 Å². The molecule has 0 bridgehead atoms. The van der Waals surface area contributed by atoms with Gasteiger partial charge >= 0.3 is 0 Å². The molecule has 0 N–H and O–H groups in total. The van der Waals surface area contributed by atoms with Crippen molar-refractivity contribution in [3.63, 3.8) is 0 Å². The fourth-order valence-electron chi connectivity index (χ4n) is 0.560. The third-order valence-electron chi connectivity index (χ3n) is 1.30. The van der Waals surface area contributed by atoms with Gasteiger partial charge in [0.15, 0.2) is 9.84 Å². The summed E-state index contributed by atoms with van der Waals surface area (Å²) in [5.41, 5.74) is 0. The van der Waals surface area contributed by atoms with Crippen LogP contribution in [0.25, 0.3) is 0 Å². The van der Waals surface area contributed by atoms with Gasteiger partial charge in [-0.15, -0.1) is 0 Å². The van der Waals surface area contributed by atoms with Crippen LogP contribution in [0.2, 0.25) is 0 Å². The van der Waals surface area contributed by atoms with Gasteiger partial charge in [0.2, 0.25) is 5.00 Å². The number of halogens is 1. The number of hydrogen-bond donors (Lipinski definition) is 0. The van der Waals surface area contributed by atoms with Gasteiger partial charge in [-0.05, 0) is 27.7 Å². The van der Waals surface area contributed by atoms with Gasteiger partial charge in [0.1, 0.15) is 0 Å². The van der Waals surface area contributed by atoms with E-state index in [9.17, 15) is 12.8 Å². The smallest absolute Gasteiger partial charge is 0.205 e. The van der Waals surface area contributed by atoms with Crippen molar-refractivity contribution in [2.24, 2.45) is 0 Å². The molecule has 0 saturated carbocycles. The lowest BCUT2D eigenvalue weighted by atomic mass is 10.5. The first-order valence-corrected chi connectivity index (χ1v) is 4.66. The standard InChI is InChI=1S/C6H13FO2S/c1-5(2)10(8,9)6(3,4)7/h5H,1-4H3. The predicted molar refractivity (Wildman–Crippen MR) is 39.2 cm³/mol. The first kappa shape index (κ1) is 9.88. The average Bonchev–Trinajstić information content (AvgIpc) is 1.62. The second-order valence-corrected chi connectivity index (χ2v) is 5.96. The minimum atomic E-state index is -3.58. The molecule has 0 radical (unpaired) electrons. The molecule has 4 heteroatoms. The molecular formula is C6H13FO2S. The molecule has 0 aromatic heterocycles. The normalized spacial score (nSPS) is 14.2. The van der Waals surface area contributed by atoms with Gasteiger partial charge in [-0.25, -0.2) is 12.8 Å². The summed E-state index contributed by atoms with van der Waals surface area (Å²) in [6, 6.07) is 0. The summed E-state index contributed by atoms with van der Waals surface area (Å²) in [5, 5.41) is -2.76. The third-order valence-corrected chi connectivity index (χ3v) is 3.89. The quantitative estimate of drug-likeness (QED) is 0.626. The average molecular weight is 168 g/mol. The molecule has 0 fully saturated rings. The van der Waals surface area contributed by atoms with Crippen molar-refractivity contribution < 1.29 is 12.8 Å². The highest BCUT2D eigenvalue weighted by atomic mass is 32.2. The van der Waals surface area contributed by atoms with E-state index in [4.69, 9.17) is 0 Å². The van der Waals surface area contributed by atoms with Crippen LogP contribution in [0.1, 0.15) is 27.7 Å². The SMILES string of the molecule is CC(C)S(=O)(=O)C(C)(C)F. The van der Waals surface area contributed by atoms with Crippen LogP contribution in [0.15, 0.2) is 0 Å². The van der Waals surface area contributed by atoms with Crippen molar-refractivity contribution >= 4 is 9.84 Å². The van der Waals surface area contributed by atoms with Gasteiger partial charge in [-0.1, -0.05) is 0 Å². The molecule has 0 heterocycles. The summed E-state index contributed by atoms with van der Waals surface area (Å²) in [7, 11) is -3.58. The van der Waals surface area contributed by atoms with E-state index >= 15 is 0 Å². The van der Waals surface area contributed by atoms with Crippen LogP contribution in [-0.4, -0.2) is 18.7 Å². The van der Waals surface area contributed by atoms with E-state index in [0.29, 0.717) is 0 Å². The summed E-state index contributed by atoms with van der Waals surface area (Å²) >= 11 is 0. The second kappa shape index (κ2) is 2.49. The number of hydrogen-bond acceptors (Lipinski definition) is 2. The highest BCUT2D eigenvalue weighted by Crippen LogP contribution is 2.21. The van der Waals surface area contributed by atoms with E-state index < -0.39 is 20.1 Å². The van der Waals surface area contributed by atoms with Crippen LogP contribution in [0, 0.1) is 0 Å². The molecule has 0 aromatic carbocycles. The van der Waals surface area contributed by atoms with E-state index in [1.165, 1.54) is 13.8 Å². The van der Waals surface area contributed by atoms with Crippen molar-refractivity contribution in [1.29, 1.82) is 0 Å². The summed E-state index contributed by atoms with van der Waals surface area (Å²) in [6.07, 6.45) is 0. The highest BCUT2D eigenvalue weighted by Gasteiger charge is 2.36. The number of rotatable bonds is 2. The first-order valence-electron chi connectivity index (χ1n) is 3.12. The predicted octanol–water partition coefficient (Wildman–Crippen LogP) is 1.52. The van der Waals surface area contributed by atoms with Crippen molar-refractivity contribution in [3.8, 4) is 0 Å². The van der Waals surface area contributed by atoms with Crippen LogP contribution < -0.4 is 0 Å². The molecule has 0 spiro atoms. The lowest BCUT2D eigenvalue weighted by Gasteiger charge is -2.17. The zero-order valence-electron chi connectivity index (χ0n) is 6.68.